The molecule has 24 heavy (non-hydrogen) atoms. The summed E-state index contributed by atoms with van der Waals surface area (Å²) in [6.45, 7) is 6.97. The van der Waals surface area contributed by atoms with Gasteiger partial charge >= 0.3 is 0 Å². The van der Waals surface area contributed by atoms with Crippen LogP contribution < -0.4 is 0 Å². The van der Waals surface area contributed by atoms with Gasteiger partial charge in [-0.05, 0) is 0 Å². The van der Waals surface area contributed by atoms with Crippen LogP contribution in [0, 0.1) is 0 Å². The van der Waals surface area contributed by atoms with Gasteiger partial charge in [0.1, 0.15) is 0 Å². The van der Waals surface area contributed by atoms with E-state index >= 15 is 0 Å². The summed E-state index contributed by atoms with van der Waals surface area (Å²) < 4.78 is 0. The molecule has 0 aromatic heterocycles. The molecule has 0 N–H and O–H groups in total. The highest BCUT2D eigenvalue weighted by atomic mass is 29.5. The molecular formula is C21H45Si3. The third kappa shape index (κ3) is 19.0. The first-order valence-corrected chi connectivity index (χ1v) is 17.3. The zero-order chi connectivity index (χ0) is 17.7. The van der Waals surface area contributed by atoms with Crippen LogP contribution >= 0.6 is 0 Å². The lowest BCUT2D eigenvalue weighted by molar-refractivity contribution is 0.647. The zero-order valence-corrected chi connectivity index (χ0v) is 20.2. The molecule has 0 rings (SSSR count). The van der Waals surface area contributed by atoms with Crippen molar-refractivity contribution in [2.75, 3.05) is 0 Å². The summed E-state index contributed by atoms with van der Waals surface area (Å²) >= 11 is 0. The molecule has 0 amide bonds. The standard InChI is InChI=1S/C21H45Si3/c1-4-7-10-13-16-19-22-23-24(20-17-14-11-8-5-2)21-18-15-12-9-6-3/h4-21H2,1-3H3. The predicted molar refractivity (Wildman–Crippen MR) is 118 cm³/mol. The van der Waals surface area contributed by atoms with Crippen molar-refractivity contribution in [2.24, 2.45) is 0 Å². The first-order chi connectivity index (χ1) is 11.8. The van der Waals surface area contributed by atoms with E-state index in [1.807, 2.05) is 0 Å². The van der Waals surface area contributed by atoms with Crippen LogP contribution in [0.25, 0.3) is 0 Å². The van der Waals surface area contributed by atoms with Crippen LogP contribution in [0.15, 0.2) is 0 Å². The van der Waals surface area contributed by atoms with Gasteiger partial charge in [-0.2, -0.15) is 0 Å². The second kappa shape index (κ2) is 21.7. The number of rotatable bonds is 20. The van der Waals surface area contributed by atoms with E-state index < -0.39 is 0 Å². The summed E-state index contributed by atoms with van der Waals surface area (Å²) in [4.78, 5) is 0. The lowest BCUT2D eigenvalue weighted by Gasteiger charge is -2.14. The first kappa shape index (κ1) is 24.7. The van der Waals surface area contributed by atoms with Gasteiger partial charge in [-0.1, -0.05) is 135 Å². The Balaban J connectivity index is 3.72. The van der Waals surface area contributed by atoms with Crippen molar-refractivity contribution in [3.8, 4) is 0 Å². The molecule has 0 saturated heterocycles. The van der Waals surface area contributed by atoms with E-state index in [1.165, 1.54) is 101 Å². The van der Waals surface area contributed by atoms with E-state index in [0.29, 0.717) is 0 Å². The summed E-state index contributed by atoms with van der Waals surface area (Å²) in [6.07, 6.45) is 22.2. The van der Waals surface area contributed by atoms with Crippen LogP contribution in [-0.4, -0.2) is 25.9 Å². The van der Waals surface area contributed by atoms with Gasteiger partial charge in [0.2, 0.25) is 0 Å². The Bertz CT molecular complexity index is 207. The van der Waals surface area contributed by atoms with Crippen molar-refractivity contribution < 1.29 is 0 Å². The molecule has 5 radical (unpaired) electrons. The van der Waals surface area contributed by atoms with Crippen LogP contribution in [0.3, 0.4) is 0 Å². The molecule has 0 nitrogen and oxygen atoms in total. The van der Waals surface area contributed by atoms with Crippen LogP contribution in [-0.2, 0) is 0 Å². The molecule has 0 heterocycles. The van der Waals surface area contributed by atoms with Crippen LogP contribution in [0.1, 0.15) is 117 Å². The van der Waals surface area contributed by atoms with Crippen molar-refractivity contribution in [1.29, 1.82) is 0 Å². The van der Waals surface area contributed by atoms with Crippen molar-refractivity contribution in [2.45, 2.75) is 135 Å². The average Bonchev–Trinajstić information content (AvgIpc) is 2.59. The fourth-order valence-corrected chi connectivity index (χ4v) is 14.9. The van der Waals surface area contributed by atoms with Crippen molar-refractivity contribution in [3.05, 3.63) is 0 Å². The SMILES string of the molecule is CCCCCCC[Si][Si][Si](CCCCCCC)CCCCCCC. The smallest absolute Gasteiger partial charge is 0.0306 e. The molecule has 0 atom stereocenters. The van der Waals surface area contributed by atoms with Gasteiger partial charge in [-0.15, -0.1) is 0 Å². The quantitative estimate of drug-likeness (QED) is 0.150. The third-order valence-corrected chi connectivity index (χ3v) is 16.5. The van der Waals surface area contributed by atoms with Gasteiger partial charge in [-0.3, -0.25) is 0 Å². The largest absolute Gasteiger partial charge is 0.0654 e. The minimum absolute atomic E-state index is 0.0243. The second-order valence-corrected chi connectivity index (χ2v) is 16.9. The second-order valence-electron chi connectivity index (χ2n) is 7.40. The number of hydrogen-bond donors (Lipinski definition) is 0. The zero-order valence-electron chi connectivity index (χ0n) is 17.2. The minimum atomic E-state index is 0.0243. The Morgan fingerprint density at radius 3 is 1.38 bits per heavy atom. The summed E-state index contributed by atoms with van der Waals surface area (Å²) in [5.41, 5.74) is 0. The van der Waals surface area contributed by atoms with E-state index in [4.69, 9.17) is 0 Å². The molecule has 0 saturated carbocycles. The number of hydrogen-bond acceptors (Lipinski definition) is 0. The van der Waals surface area contributed by atoms with Gasteiger partial charge in [0.15, 0.2) is 0 Å². The summed E-state index contributed by atoms with van der Waals surface area (Å²) in [6, 6.07) is 4.84. The molecule has 141 valence electrons. The number of unbranched alkanes of at least 4 members (excludes halogenated alkanes) is 12. The average molecular weight is 382 g/mol. The molecule has 0 aliphatic rings. The molecule has 0 aromatic carbocycles. The highest BCUT2D eigenvalue weighted by Gasteiger charge is 2.11. The van der Waals surface area contributed by atoms with Crippen LogP contribution in [0.5, 0.6) is 0 Å². The maximum atomic E-state index is 2.33. The Kier molecular flexibility index (Phi) is 22.3. The lowest BCUT2D eigenvalue weighted by Crippen LogP contribution is -2.27. The van der Waals surface area contributed by atoms with Crippen LogP contribution in [0.2, 0.25) is 18.1 Å². The van der Waals surface area contributed by atoms with Gasteiger partial charge in [0, 0.05) is 25.9 Å². The van der Waals surface area contributed by atoms with Gasteiger partial charge in [0.25, 0.3) is 0 Å². The Morgan fingerprint density at radius 1 is 0.500 bits per heavy atom. The molecule has 0 aromatic rings. The van der Waals surface area contributed by atoms with Crippen molar-refractivity contribution >= 4 is 25.9 Å². The molecule has 0 aliphatic carbocycles. The first-order valence-electron chi connectivity index (χ1n) is 11.2. The van der Waals surface area contributed by atoms with Crippen molar-refractivity contribution in [3.63, 3.8) is 0 Å². The van der Waals surface area contributed by atoms with E-state index in [2.05, 4.69) is 20.8 Å². The van der Waals surface area contributed by atoms with E-state index in [0.717, 1.165) is 0 Å². The van der Waals surface area contributed by atoms with Crippen LogP contribution in [0.4, 0.5) is 0 Å². The molecule has 0 bridgehead atoms. The lowest BCUT2D eigenvalue weighted by atomic mass is 10.2. The summed E-state index contributed by atoms with van der Waals surface area (Å²) in [7, 11) is 2.74. The normalized spacial score (nSPS) is 11.5. The molecule has 0 spiro atoms. The molecule has 0 aliphatic heterocycles. The summed E-state index contributed by atoms with van der Waals surface area (Å²) in [5.74, 6) is 0. The van der Waals surface area contributed by atoms with E-state index in [9.17, 15) is 0 Å². The van der Waals surface area contributed by atoms with E-state index in [-0.39, 0.29) is 8.31 Å². The fourth-order valence-electron chi connectivity index (χ4n) is 3.14. The van der Waals surface area contributed by atoms with E-state index in [1.54, 1.807) is 31.0 Å². The molecular weight excluding hydrogens is 336 g/mol. The summed E-state index contributed by atoms with van der Waals surface area (Å²) in [5, 5.41) is 0. The maximum absolute atomic E-state index is 2.33. The molecule has 3 heteroatoms. The third-order valence-electron chi connectivity index (χ3n) is 4.83. The predicted octanol–water partition coefficient (Wildman–Crippen LogP) is 7.63. The van der Waals surface area contributed by atoms with Gasteiger partial charge < -0.3 is 0 Å². The molecule has 0 unspecified atom stereocenters. The topological polar surface area (TPSA) is 0 Å². The Morgan fingerprint density at radius 2 is 0.917 bits per heavy atom. The fraction of sp³-hybridized carbons (Fsp3) is 1.00. The maximum Gasteiger partial charge on any atom is 0.0306 e. The van der Waals surface area contributed by atoms with Crippen molar-refractivity contribution in [1.82, 2.24) is 0 Å². The monoisotopic (exact) mass is 381 g/mol. The van der Waals surface area contributed by atoms with Gasteiger partial charge in [-0.25, -0.2) is 0 Å². The molecule has 0 fully saturated rings. The highest BCUT2D eigenvalue weighted by molar-refractivity contribution is 7.35. The Labute approximate surface area is 161 Å². The minimum Gasteiger partial charge on any atom is -0.0654 e. The van der Waals surface area contributed by atoms with Gasteiger partial charge in [0.05, 0.1) is 0 Å². The Hall–Kier alpha value is 0.651. The highest BCUT2D eigenvalue weighted by Crippen LogP contribution is 2.14.